The van der Waals surface area contributed by atoms with E-state index in [1.54, 1.807) is 6.20 Å². The van der Waals surface area contributed by atoms with Crippen molar-refractivity contribution in [2.45, 2.75) is 33.1 Å². The monoisotopic (exact) mass is 680 g/mol. The predicted octanol–water partition coefficient (Wildman–Crippen LogP) is 12.4. The van der Waals surface area contributed by atoms with Crippen LogP contribution in [0.1, 0.15) is 36.2 Å². The fourth-order valence-electron chi connectivity index (χ4n) is 9.33. The number of hydrogen-bond donors (Lipinski definition) is 0. The summed E-state index contributed by atoms with van der Waals surface area (Å²) < 4.78 is 4.50. The van der Waals surface area contributed by atoms with Crippen LogP contribution in [0.4, 0.5) is 0 Å². The molecule has 0 spiro atoms. The van der Waals surface area contributed by atoms with Crippen molar-refractivity contribution in [2.24, 2.45) is 0 Å². The van der Waals surface area contributed by atoms with Crippen LogP contribution in [0.2, 0.25) is 0 Å². The van der Waals surface area contributed by atoms with Gasteiger partial charge in [0.25, 0.3) is 0 Å². The van der Waals surface area contributed by atoms with Gasteiger partial charge in [0.05, 0.1) is 11.2 Å². The Labute approximate surface area is 307 Å². The van der Waals surface area contributed by atoms with Gasteiger partial charge in [-0.1, -0.05) is 117 Å². The molecule has 0 atom stereocenters. The Balaban J connectivity index is 1.16. The number of imidazole rings is 1. The summed E-state index contributed by atoms with van der Waals surface area (Å²) in [5, 5.41) is 9.00. The molecule has 10 aromatic rings. The summed E-state index contributed by atoms with van der Waals surface area (Å²) in [6.45, 7) is 9.33. The van der Waals surface area contributed by atoms with E-state index in [0.29, 0.717) is 5.78 Å². The highest BCUT2D eigenvalue weighted by Crippen LogP contribution is 2.50. The van der Waals surface area contributed by atoms with Gasteiger partial charge in [0, 0.05) is 51.7 Å². The number of aryl methyl sites for hydroxylation is 1. The molecule has 0 saturated heterocycles. The van der Waals surface area contributed by atoms with Crippen molar-refractivity contribution in [3.05, 3.63) is 168 Å². The molecule has 0 radical (unpaired) electrons. The van der Waals surface area contributed by atoms with E-state index in [0.717, 1.165) is 11.3 Å². The summed E-state index contributed by atoms with van der Waals surface area (Å²) in [4.78, 5) is 9.17. The molecule has 0 N–H and O–H groups in total. The molecular weight excluding hydrogens is 645 g/mol. The molecule has 1 aliphatic carbocycles. The third-order valence-corrected chi connectivity index (χ3v) is 12.0. The number of fused-ring (bicyclic) bond motifs is 12. The van der Waals surface area contributed by atoms with Gasteiger partial charge in [0.2, 0.25) is 5.78 Å². The molecule has 3 aromatic heterocycles. The normalized spacial score (nSPS) is 13.4. The van der Waals surface area contributed by atoms with Crippen molar-refractivity contribution in [2.75, 3.05) is 0 Å². The molecule has 3 heterocycles. The van der Waals surface area contributed by atoms with Gasteiger partial charge in [-0.25, -0.2) is 9.97 Å². The zero-order chi connectivity index (χ0) is 35.6. The number of nitrogens with zero attached hydrogens (tertiary/aromatic N) is 4. The first-order chi connectivity index (χ1) is 25.9. The van der Waals surface area contributed by atoms with Crippen LogP contribution in [-0.4, -0.2) is 18.9 Å². The van der Waals surface area contributed by atoms with Crippen molar-refractivity contribution >= 4 is 49.0 Å². The molecule has 0 unspecified atom stereocenters. The van der Waals surface area contributed by atoms with E-state index < -0.39 is 0 Å². The zero-order valence-electron chi connectivity index (χ0n) is 30.1. The molecule has 53 heavy (non-hydrogen) atoms. The summed E-state index contributed by atoms with van der Waals surface area (Å²) in [5.74, 6) is 0.704. The Kier molecular flexibility index (Phi) is 6.11. The second kappa shape index (κ2) is 10.8. The first-order valence-corrected chi connectivity index (χ1v) is 18.4. The van der Waals surface area contributed by atoms with Crippen LogP contribution in [0.5, 0.6) is 0 Å². The predicted molar refractivity (Wildman–Crippen MR) is 220 cm³/mol. The lowest BCUT2D eigenvalue weighted by atomic mass is 9.82. The van der Waals surface area contributed by atoms with Crippen LogP contribution < -0.4 is 0 Å². The van der Waals surface area contributed by atoms with E-state index in [1.807, 2.05) is 22.9 Å². The van der Waals surface area contributed by atoms with Crippen LogP contribution in [0, 0.1) is 13.8 Å². The molecule has 0 aliphatic heterocycles. The largest absolute Gasteiger partial charge is 0.313 e. The minimum absolute atomic E-state index is 0.0720. The lowest BCUT2D eigenvalue weighted by Gasteiger charge is -2.22. The summed E-state index contributed by atoms with van der Waals surface area (Å²) in [6.07, 6.45) is 5.81. The lowest BCUT2D eigenvalue weighted by molar-refractivity contribution is 0.659. The van der Waals surface area contributed by atoms with E-state index in [9.17, 15) is 0 Å². The Morgan fingerprint density at radius 2 is 1.26 bits per heavy atom. The van der Waals surface area contributed by atoms with Gasteiger partial charge in [0.1, 0.15) is 0 Å². The number of benzene rings is 7. The van der Waals surface area contributed by atoms with Gasteiger partial charge in [-0.2, -0.15) is 0 Å². The van der Waals surface area contributed by atoms with E-state index >= 15 is 0 Å². The highest BCUT2D eigenvalue weighted by atomic mass is 15.1. The van der Waals surface area contributed by atoms with Gasteiger partial charge in [-0.3, -0.25) is 4.40 Å². The van der Waals surface area contributed by atoms with E-state index in [4.69, 9.17) is 4.98 Å². The van der Waals surface area contributed by atoms with Crippen LogP contribution in [0.25, 0.3) is 88.2 Å². The average molecular weight is 681 g/mol. The van der Waals surface area contributed by atoms with E-state index in [-0.39, 0.29) is 5.41 Å². The van der Waals surface area contributed by atoms with Crippen LogP contribution in [0.3, 0.4) is 0 Å². The minimum Gasteiger partial charge on any atom is -0.313 e. The van der Waals surface area contributed by atoms with Gasteiger partial charge in [0.15, 0.2) is 0 Å². The van der Waals surface area contributed by atoms with E-state index in [2.05, 4.69) is 159 Å². The molecule has 7 aromatic carbocycles. The maximum atomic E-state index is 4.76. The maximum absolute atomic E-state index is 4.76. The molecule has 0 fully saturated rings. The molecule has 0 saturated carbocycles. The highest BCUT2D eigenvalue weighted by molar-refractivity contribution is 6.33. The van der Waals surface area contributed by atoms with Crippen LogP contribution in [0.15, 0.2) is 146 Å². The first kappa shape index (κ1) is 30.1. The minimum atomic E-state index is -0.0720. The third-order valence-electron chi connectivity index (χ3n) is 12.0. The Morgan fingerprint density at radius 3 is 2.08 bits per heavy atom. The SMILES string of the molecule is Cc1c(C)n(-c2ccc3c(c2)C(C)(C)c2ccccc2-3)c2c3ccccc3c3cc(-c4ccc(-c5cn6cccnc6n5)cc4)c4ccccc4c3c12. The molecule has 4 nitrogen and oxygen atoms in total. The average Bonchev–Trinajstić information content (AvgIpc) is 3.82. The van der Waals surface area contributed by atoms with Crippen molar-refractivity contribution < 1.29 is 0 Å². The van der Waals surface area contributed by atoms with Crippen LogP contribution >= 0.6 is 0 Å². The van der Waals surface area contributed by atoms with Gasteiger partial charge in [-0.05, 0) is 104 Å². The van der Waals surface area contributed by atoms with E-state index in [1.165, 1.54) is 93.5 Å². The van der Waals surface area contributed by atoms with Crippen molar-refractivity contribution in [3.8, 4) is 39.2 Å². The van der Waals surface area contributed by atoms with Crippen molar-refractivity contribution in [1.29, 1.82) is 0 Å². The fraction of sp³-hybridized carbons (Fsp3) is 0.102. The Morgan fingerprint density at radius 1 is 0.566 bits per heavy atom. The quantitative estimate of drug-likeness (QED) is 0.174. The van der Waals surface area contributed by atoms with Crippen molar-refractivity contribution in [1.82, 2.24) is 18.9 Å². The van der Waals surface area contributed by atoms with Crippen molar-refractivity contribution in [3.63, 3.8) is 0 Å². The zero-order valence-corrected chi connectivity index (χ0v) is 30.1. The molecule has 1 aliphatic rings. The summed E-state index contributed by atoms with van der Waals surface area (Å²) in [6, 6.07) is 47.2. The molecule has 252 valence electrons. The lowest BCUT2D eigenvalue weighted by Crippen LogP contribution is -2.15. The molecule has 11 rings (SSSR count). The Bertz CT molecular complexity index is 3120. The van der Waals surface area contributed by atoms with Gasteiger partial charge < -0.3 is 4.57 Å². The molecular formula is C49H36N4. The topological polar surface area (TPSA) is 35.1 Å². The Hall–Kier alpha value is -6.52. The highest BCUT2D eigenvalue weighted by Gasteiger charge is 2.35. The fourth-order valence-corrected chi connectivity index (χ4v) is 9.33. The molecule has 4 heteroatoms. The summed E-state index contributed by atoms with van der Waals surface area (Å²) in [7, 11) is 0. The number of aromatic nitrogens is 4. The summed E-state index contributed by atoms with van der Waals surface area (Å²) >= 11 is 0. The maximum Gasteiger partial charge on any atom is 0.234 e. The standard InChI is InChI=1S/C49H36N4/c1-29-30(2)53(33-22-23-37-36-14-9-10-17-42(36)49(3,4)43(37)26-33)47-39-16-8-6-13-35(39)41-27-40(34-12-5-7-15-38(34)46(41)45(29)47)31-18-20-32(21-19-31)44-28-52-25-11-24-50-48(52)51-44/h5-28H,1-4H3. The second-order valence-electron chi connectivity index (χ2n) is 15.1. The van der Waals surface area contributed by atoms with Gasteiger partial charge in [-0.15, -0.1) is 0 Å². The molecule has 0 amide bonds. The number of rotatable bonds is 3. The smallest absolute Gasteiger partial charge is 0.234 e. The van der Waals surface area contributed by atoms with Gasteiger partial charge >= 0.3 is 0 Å². The summed E-state index contributed by atoms with van der Waals surface area (Å²) in [5.41, 5.74) is 14.9. The first-order valence-electron chi connectivity index (χ1n) is 18.4. The third kappa shape index (κ3) is 4.12. The number of hydrogen-bond acceptors (Lipinski definition) is 2. The molecule has 0 bridgehead atoms. The second-order valence-corrected chi connectivity index (χ2v) is 15.1. The van der Waals surface area contributed by atoms with Crippen LogP contribution in [-0.2, 0) is 5.41 Å².